The van der Waals surface area contributed by atoms with Gasteiger partial charge in [-0.1, -0.05) is 18.7 Å². The lowest BCUT2D eigenvalue weighted by atomic mass is 9.94. The molecule has 0 spiro atoms. The lowest BCUT2D eigenvalue weighted by Crippen LogP contribution is -2.49. The highest BCUT2D eigenvalue weighted by Gasteiger charge is 2.31. The van der Waals surface area contributed by atoms with Crippen LogP contribution in [0.4, 0.5) is 0 Å². The molecule has 152 valence electrons. The van der Waals surface area contributed by atoms with Crippen LogP contribution in [0.15, 0.2) is 0 Å². The summed E-state index contributed by atoms with van der Waals surface area (Å²) >= 11 is 0. The van der Waals surface area contributed by atoms with Gasteiger partial charge in [-0.3, -0.25) is 4.90 Å². The summed E-state index contributed by atoms with van der Waals surface area (Å²) in [5.74, 6) is 4.84. The van der Waals surface area contributed by atoms with Gasteiger partial charge in [-0.05, 0) is 27.7 Å². The van der Waals surface area contributed by atoms with Crippen molar-refractivity contribution in [3.8, 4) is 24.7 Å². The minimum absolute atomic E-state index is 0.0142. The highest BCUT2D eigenvalue weighted by atomic mass is 16.7. The molecule has 0 saturated carbocycles. The van der Waals surface area contributed by atoms with Crippen molar-refractivity contribution in [1.29, 1.82) is 0 Å². The molecule has 1 atom stereocenters. The quantitative estimate of drug-likeness (QED) is 0.189. The first-order chi connectivity index (χ1) is 13.4. The molecule has 0 aliphatic rings. The van der Waals surface area contributed by atoms with Crippen LogP contribution in [0, 0.1) is 36.7 Å². The number of terminal acetylenes is 2. The first-order valence-corrected chi connectivity index (χ1v) is 9.03. The van der Waals surface area contributed by atoms with Gasteiger partial charge in [-0.15, -0.1) is 12.8 Å². The molecule has 1 unspecified atom stereocenters. The van der Waals surface area contributed by atoms with Gasteiger partial charge in [0, 0.05) is 18.9 Å². The Hall–Kier alpha value is -1.59. The first kappa shape index (κ1) is 23.4. The average Bonchev–Trinajstić information content (AvgIpc) is 2.65. The summed E-state index contributed by atoms with van der Waals surface area (Å²) in [5, 5.41) is 0. The van der Waals surface area contributed by atoms with Crippen molar-refractivity contribution in [2.45, 2.75) is 53.1 Å². The molecule has 0 aromatic rings. The maximum Gasteiger partial charge on any atom is 0.237 e. The van der Waals surface area contributed by atoms with Crippen LogP contribution in [-0.2, 0) is 18.9 Å². The average molecular weight is 380 g/mol. The number of rotatable bonds is 15. The number of hydrogen-bond acceptors (Lipinski definition) is 5. The summed E-state index contributed by atoms with van der Waals surface area (Å²) in [7, 11) is 0. The zero-order valence-corrected chi connectivity index (χ0v) is 17.1. The van der Waals surface area contributed by atoms with Crippen molar-refractivity contribution in [1.82, 2.24) is 4.90 Å². The number of nitrogens with zero attached hydrogens (tertiary/aromatic N) is 2. The Labute approximate surface area is 166 Å². The van der Waals surface area contributed by atoms with E-state index in [0.717, 1.165) is 0 Å². The number of ether oxygens (including phenoxy) is 4. The molecule has 0 fully saturated rings. The second kappa shape index (κ2) is 14.5. The molecule has 6 heteroatoms. The summed E-state index contributed by atoms with van der Waals surface area (Å²) in [5.41, 5.74) is -0.727. The van der Waals surface area contributed by atoms with Crippen molar-refractivity contribution in [3.63, 3.8) is 0 Å². The van der Waals surface area contributed by atoms with E-state index in [2.05, 4.69) is 49.3 Å². The molecule has 6 nitrogen and oxygen atoms in total. The minimum atomic E-state index is -0.727. The lowest BCUT2D eigenvalue weighted by Gasteiger charge is -2.39. The van der Waals surface area contributed by atoms with Crippen LogP contribution in [0.3, 0.4) is 0 Å². The van der Waals surface area contributed by atoms with E-state index in [1.54, 1.807) is 0 Å². The van der Waals surface area contributed by atoms with Crippen molar-refractivity contribution in [2.75, 3.05) is 46.2 Å². The van der Waals surface area contributed by atoms with E-state index in [9.17, 15) is 0 Å². The molecule has 27 heavy (non-hydrogen) atoms. The van der Waals surface area contributed by atoms with Gasteiger partial charge in [0.25, 0.3) is 0 Å². The Balaban J connectivity index is 5.30. The van der Waals surface area contributed by atoms with Gasteiger partial charge in [0.15, 0.2) is 0 Å². The lowest BCUT2D eigenvalue weighted by molar-refractivity contribution is -0.253. The predicted octanol–water partition coefficient (Wildman–Crippen LogP) is 2.65. The SMILES string of the molecule is [2H]CC(COCC#C)(COCC#C)COC(OCC[N+]#[C-])N(C(C)C)C(C)C. The third-order valence-electron chi connectivity index (χ3n) is 3.62. The Bertz CT molecular complexity index is 506. The van der Waals surface area contributed by atoms with Crippen molar-refractivity contribution >= 4 is 0 Å². The molecule has 0 aromatic carbocycles. The van der Waals surface area contributed by atoms with Gasteiger partial charge in [-0.25, -0.2) is 6.57 Å². The van der Waals surface area contributed by atoms with E-state index in [4.69, 9.17) is 39.7 Å². The molecular formula is C21H34N2O4. The molecule has 0 bridgehead atoms. The summed E-state index contributed by atoms with van der Waals surface area (Å²) in [6, 6.07) is 0.331. The molecule has 0 rings (SSSR count). The third-order valence-corrected chi connectivity index (χ3v) is 3.62. The fourth-order valence-electron chi connectivity index (χ4n) is 2.53. The van der Waals surface area contributed by atoms with Crippen molar-refractivity contribution in [2.24, 2.45) is 5.41 Å². The van der Waals surface area contributed by atoms with E-state index in [1.807, 2.05) is 0 Å². The number of hydrogen-bond donors (Lipinski definition) is 0. The molecule has 0 heterocycles. The second-order valence-corrected chi connectivity index (χ2v) is 6.90. The van der Waals surface area contributed by atoms with Gasteiger partial charge in [0.2, 0.25) is 13.0 Å². The van der Waals surface area contributed by atoms with Crippen LogP contribution >= 0.6 is 0 Å². The Morgan fingerprint density at radius 2 is 1.59 bits per heavy atom. The topological polar surface area (TPSA) is 44.5 Å². The van der Waals surface area contributed by atoms with Crippen LogP contribution in [0.1, 0.15) is 36.0 Å². The molecule has 0 radical (unpaired) electrons. The van der Waals surface area contributed by atoms with Gasteiger partial charge in [-0.2, -0.15) is 0 Å². The van der Waals surface area contributed by atoms with Crippen LogP contribution in [-0.4, -0.2) is 69.6 Å². The van der Waals surface area contributed by atoms with Gasteiger partial charge >= 0.3 is 0 Å². The molecule has 0 aliphatic heterocycles. The Morgan fingerprint density at radius 3 is 2.00 bits per heavy atom. The Kier molecular flexibility index (Phi) is 12.6. The van der Waals surface area contributed by atoms with E-state index in [1.165, 1.54) is 0 Å². The maximum absolute atomic E-state index is 8.03. The molecular weight excluding hydrogens is 344 g/mol. The normalized spacial score (nSPS) is 13.3. The summed E-state index contributed by atoms with van der Waals surface area (Å²) in [6.45, 7) is 16.6. The fourth-order valence-corrected chi connectivity index (χ4v) is 2.53. The molecule has 0 aromatic heterocycles. The smallest absolute Gasteiger partial charge is 0.237 e. The predicted molar refractivity (Wildman–Crippen MR) is 107 cm³/mol. The molecule has 0 saturated heterocycles. The van der Waals surface area contributed by atoms with Gasteiger partial charge < -0.3 is 23.8 Å². The van der Waals surface area contributed by atoms with E-state index >= 15 is 0 Å². The summed E-state index contributed by atoms with van der Waals surface area (Å²) < 4.78 is 31.0. The Morgan fingerprint density at radius 1 is 1.04 bits per heavy atom. The largest absolute Gasteiger partial charge is 0.368 e. The fraction of sp³-hybridized carbons (Fsp3) is 0.762. The monoisotopic (exact) mass is 379 g/mol. The summed E-state index contributed by atoms with van der Waals surface area (Å²) in [4.78, 5) is 5.40. The van der Waals surface area contributed by atoms with Crippen LogP contribution < -0.4 is 0 Å². The zero-order chi connectivity index (χ0) is 21.4. The zero-order valence-electron chi connectivity index (χ0n) is 18.1. The van der Waals surface area contributed by atoms with Crippen LogP contribution in [0.25, 0.3) is 4.85 Å². The molecule has 0 aliphatic carbocycles. The van der Waals surface area contributed by atoms with Gasteiger partial charge in [0.05, 0.1) is 19.8 Å². The van der Waals surface area contributed by atoms with Gasteiger partial charge in [0.1, 0.15) is 19.8 Å². The van der Waals surface area contributed by atoms with Crippen molar-refractivity contribution < 1.29 is 20.3 Å². The highest BCUT2D eigenvalue weighted by molar-refractivity contribution is 4.85. The third kappa shape index (κ3) is 11.0. The van der Waals surface area contributed by atoms with E-state index in [-0.39, 0.29) is 65.2 Å². The van der Waals surface area contributed by atoms with Crippen LogP contribution in [0.2, 0.25) is 0 Å². The maximum atomic E-state index is 8.03. The minimum Gasteiger partial charge on any atom is -0.368 e. The van der Waals surface area contributed by atoms with E-state index in [0.29, 0.717) is 0 Å². The van der Waals surface area contributed by atoms with Crippen LogP contribution in [0.5, 0.6) is 0 Å². The first-order valence-electron chi connectivity index (χ1n) is 9.73. The molecule has 0 amide bonds. The van der Waals surface area contributed by atoms with Crippen molar-refractivity contribution in [3.05, 3.63) is 11.4 Å². The summed E-state index contributed by atoms with van der Waals surface area (Å²) in [6.07, 6.45) is 9.87. The second-order valence-electron chi connectivity index (χ2n) is 6.90. The highest BCUT2D eigenvalue weighted by Crippen LogP contribution is 2.22. The van der Waals surface area contributed by atoms with E-state index < -0.39 is 11.8 Å². The standard InChI is InChI=1S/C21H34N2O4/c1-9-12-24-15-21(7,16-25-13-10-2)17-27-20(26-14-11-22-8)23(18(3)4)19(5)6/h1-2,18-20H,11-17H2,3-7H3/i7D. The molecule has 0 N–H and O–H groups in total.